The van der Waals surface area contributed by atoms with Gasteiger partial charge in [-0.3, -0.25) is 4.79 Å². The monoisotopic (exact) mass is 279 g/mol. The Morgan fingerprint density at radius 1 is 1.25 bits per heavy atom. The van der Waals surface area contributed by atoms with Gasteiger partial charge in [-0.1, -0.05) is 6.07 Å². The standard InChI is InChI=1S/C13H17N3O4/c1-8-9(12(18)19)4-3-5-10(8)16-13(20)15-7-6-11(17)14-2/h3-5H,6-7H2,1-2H3,(H,14,17)(H,18,19)(H2,15,16,20). The number of nitrogens with one attached hydrogen (secondary N) is 3. The second-order valence-corrected chi connectivity index (χ2v) is 4.09. The van der Waals surface area contributed by atoms with E-state index in [1.54, 1.807) is 19.1 Å². The van der Waals surface area contributed by atoms with Crippen LogP contribution >= 0.6 is 0 Å². The molecule has 0 aliphatic rings. The molecule has 7 nitrogen and oxygen atoms in total. The number of benzene rings is 1. The number of carbonyl (C=O) groups excluding carboxylic acids is 2. The molecule has 0 spiro atoms. The molecule has 20 heavy (non-hydrogen) atoms. The summed E-state index contributed by atoms with van der Waals surface area (Å²) < 4.78 is 0. The third-order valence-corrected chi connectivity index (χ3v) is 2.73. The van der Waals surface area contributed by atoms with Gasteiger partial charge < -0.3 is 21.1 Å². The van der Waals surface area contributed by atoms with Crippen LogP contribution in [0.3, 0.4) is 0 Å². The molecule has 0 heterocycles. The topological polar surface area (TPSA) is 108 Å². The van der Waals surface area contributed by atoms with Crippen molar-refractivity contribution >= 4 is 23.6 Å². The molecule has 1 aromatic carbocycles. The molecule has 0 bridgehead atoms. The second kappa shape index (κ2) is 7.13. The Balaban J connectivity index is 2.60. The lowest BCUT2D eigenvalue weighted by Gasteiger charge is -2.11. The highest BCUT2D eigenvalue weighted by molar-refractivity contribution is 5.95. The van der Waals surface area contributed by atoms with E-state index in [0.29, 0.717) is 11.3 Å². The maximum atomic E-state index is 11.6. The molecule has 1 aromatic rings. The molecule has 0 radical (unpaired) electrons. The molecule has 3 amide bonds. The van der Waals surface area contributed by atoms with Crippen LogP contribution in [0.15, 0.2) is 18.2 Å². The zero-order valence-corrected chi connectivity index (χ0v) is 11.3. The van der Waals surface area contributed by atoms with Crippen molar-refractivity contribution in [3.05, 3.63) is 29.3 Å². The van der Waals surface area contributed by atoms with Gasteiger partial charge in [0.15, 0.2) is 0 Å². The molecule has 0 atom stereocenters. The number of rotatable bonds is 5. The van der Waals surface area contributed by atoms with Crippen molar-refractivity contribution in [2.75, 3.05) is 18.9 Å². The van der Waals surface area contributed by atoms with E-state index in [1.807, 2.05) is 0 Å². The van der Waals surface area contributed by atoms with Gasteiger partial charge in [-0.25, -0.2) is 9.59 Å². The van der Waals surface area contributed by atoms with E-state index >= 15 is 0 Å². The summed E-state index contributed by atoms with van der Waals surface area (Å²) in [5.74, 6) is -1.22. The van der Waals surface area contributed by atoms with Crippen LogP contribution in [-0.4, -0.2) is 36.6 Å². The van der Waals surface area contributed by atoms with Crippen LogP contribution in [0.1, 0.15) is 22.3 Å². The first-order valence-corrected chi connectivity index (χ1v) is 6.04. The predicted molar refractivity (Wildman–Crippen MR) is 73.8 cm³/mol. The Bertz CT molecular complexity index is 528. The molecule has 108 valence electrons. The lowest BCUT2D eigenvalue weighted by atomic mass is 10.1. The fourth-order valence-electron chi connectivity index (χ4n) is 1.58. The van der Waals surface area contributed by atoms with Crippen molar-refractivity contribution in [2.24, 2.45) is 0 Å². The van der Waals surface area contributed by atoms with Crippen molar-refractivity contribution in [3.63, 3.8) is 0 Å². The molecule has 0 aliphatic carbocycles. The number of urea groups is 1. The number of carbonyl (C=O) groups is 3. The zero-order chi connectivity index (χ0) is 15.1. The minimum Gasteiger partial charge on any atom is -0.478 e. The molecular formula is C13H17N3O4. The lowest BCUT2D eigenvalue weighted by molar-refractivity contribution is -0.120. The van der Waals surface area contributed by atoms with Crippen LogP contribution < -0.4 is 16.0 Å². The highest BCUT2D eigenvalue weighted by atomic mass is 16.4. The van der Waals surface area contributed by atoms with Gasteiger partial charge in [-0.05, 0) is 24.6 Å². The van der Waals surface area contributed by atoms with Crippen LogP contribution in [0, 0.1) is 6.92 Å². The average molecular weight is 279 g/mol. The van der Waals surface area contributed by atoms with Gasteiger partial charge in [0.2, 0.25) is 5.91 Å². The quantitative estimate of drug-likeness (QED) is 0.643. The number of carboxylic acids is 1. The van der Waals surface area contributed by atoms with Crippen LogP contribution in [-0.2, 0) is 4.79 Å². The smallest absolute Gasteiger partial charge is 0.336 e. The summed E-state index contributed by atoms with van der Waals surface area (Å²) in [4.78, 5) is 33.6. The number of hydrogen-bond donors (Lipinski definition) is 4. The van der Waals surface area contributed by atoms with Crippen LogP contribution in [0.5, 0.6) is 0 Å². The van der Waals surface area contributed by atoms with Gasteiger partial charge in [0.05, 0.1) is 5.56 Å². The van der Waals surface area contributed by atoms with Gasteiger partial charge in [-0.2, -0.15) is 0 Å². The molecule has 0 aromatic heterocycles. The number of hydrogen-bond acceptors (Lipinski definition) is 3. The number of aromatic carboxylic acids is 1. The Morgan fingerprint density at radius 2 is 1.95 bits per heavy atom. The first-order chi connectivity index (χ1) is 9.45. The number of amides is 3. The summed E-state index contributed by atoms with van der Waals surface area (Å²) in [6.07, 6.45) is 0.179. The lowest BCUT2D eigenvalue weighted by Crippen LogP contribution is -2.32. The largest absolute Gasteiger partial charge is 0.478 e. The van der Waals surface area contributed by atoms with Crippen molar-refractivity contribution in [2.45, 2.75) is 13.3 Å². The normalized spacial score (nSPS) is 9.70. The van der Waals surface area contributed by atoms with Crippen molar-refractivity contribution in [1.29, 1.82) is 0 Å². The summed E-state index contributed by atoms with van der Waals surface area (Å²) >= 11 is 0. The van der Waals surface area contributed by atoms with E-state index in [4.69, 9.17) is 5.11 Å². The van der Waals surface area contributed by atoms with Crippen molar-refractivity contribution in [3.8, 4) is 0 Å². The summed E-state index contributed by atoms with van der Waals surface area (Å²) in [6.45, 7) is 1.81. The number of anilines is 1. The third-order valence-electron chi connectivity index (χ3n) is 2.73. The Kier molecular flexibility index (Phi) is 5.52. The molecular weight excluding hydrogens is 262 g/mol. The molecule has 1 rings (SSSR count). The first kappa shape index (κ1) is 15.5. The molecule has 0 saturated heterocycles. The summed E-state index contributed by atoms with van der Waals surface area (Å²) in [6, 6.07) is 4.14. The van der Waals surface area contributed by atoms with E-state index in [0.717, 1.165) is 0 Å². The minimum atomic E-state index is -1.05. The minimum absolute atomic E-state index is 0.133. The van der Waals surface area contributed by atoms with Crippen molar-refractivity contribution in [1.82, 2.24) is 10.6 Å². The van der Waals surface area contributed by atoms with E-state index < -0.39 is 12.0 Å². The number of carboxylic acid groups (broad SMARTS) is 1. The molecule has 0 unspecified atom stereocenters. The van der Waals surface area contributed by atoms with Crippen LogP contribution in [0.4, 0.5) is 10.5 Å². The summed E-state index contributed by atoms with van der Waals surface area (Å²) in [5.41, 5.74) is 1.02. The van der Waals surface area contributed by atoms with E-state index in [9.17, 15) is 14.4 Å². The van der Waals surface area contributed by atoms with Gasteiger partial charge in [0, 0.05) is 25.7 Å². The maximum Gasteiger partial charge on any atom is 0.336 e. The van der Waals surface area contributed by atoms with Gasteiger partial charge in [-0.15, -0.1) is 0 Å². The van der Waals surface area contributed by atoms with Gasteiger partial charge >= 0.3 is 12.0 Å². The average Bonchev–Trinajstić information content (AvgIpc) is 2.40. The zero-order valence-electron chi connectivity index (χ0n) is 11.3. The highest BCUT2D eigenvalue weighted by Gasteiger charge is 2.11. The van der Waals surface area contributed by atoms with Crippen LogP contribution in [0.2, 0.25) is 0 Å². The Hall–Kier alpha value is -2.57. The third kappa shape index (κ3) is 4.27. The molecule has 0 fully saturated rings. The fourth-order valence-corrected chi connectivity index (χ4v) is 1.58. The predicted octanol–water partition coefficient (Wildman–Crippen LogP) is 0.951. The van der Waals surface area contributed by atoms with Gasteiger partial charge in [0.25, 0.3) is 0 Å². The summed E-state index contributed by atoms with van der Waals surface area (Å²) in [7, 11) is 1.52. The fraction of sp³-hybridized carbons (Fsp3) is 0.308. The molecule has 0 saturated carbocycles. The highest BCUT2D eigenvalue weighted by Crippen LogP contribution is 2.18. The first-order valence-electron chi connectivity index (χ1n) is 6.04. The molecule has 0 aliphatic heterocycles. The van der Waals surface area contributed by atoms with E-state index in [-0.39, 0.29) is 24.4 Å². The molecule has 4 N–H and O–H groups in total. The SMILES string of the molecule is CNC(=O)CCNC(=O)Nc1cccc(C(=O)O)c1C. The van der Waals surface area contributed by atoms with E-state index in [2.05, 4.69) is 16.0 Å². The second-order valence-electron chi connectivity index (χ2n) is 4.09. The van der Waals surface area contributed by atoms with Crippen molar-refractivity contribution < 1.29 is 19.5 Å². The Labute approximate surface area is 116 Å². The molecule has 7 heteroatoms. The Morgan fingerprint density at radius 3 is 2.55 bits per heavy atom. The van der Waals surface area contributed by atoms with E-state index in [1.165, 1.54) is 13.1 Å². The van der Waals surface area contributed by atoms with Gasteiger partial charge in [0.1, 0.15) is 0 Å². The summed E-state index contributed by atoms with van der Waals surface area (Å²) in [5, 5.41) is 16.5. The van der Waals surface area contributed by atoms with Crippen LogP contribution in [0.25, 0.3) is 0 Å². The maximum absolute atomic E-state index is 11.6.